The summed E-state index contributed by atoms with van der Waals surface area (Å²) < 4.78 is 0. The molecular weight excluding hydrogens is 320 g/mol. The van der Waals surface area contributed by atoms with Crippen molar-refractivity contribution in [3.8, 4) is 0 Å². The predicted octanol–water partition coefficient (Wildman–Crippen LogP) is 3.50. The fraction of sp³-hybridized carbons (Fsp3) is 0.364. The quantitative estimate of drug-likeness (QED) is 0.852. The topological polar surface area (TPSA) is 31.7 Å². The van der Waals surface area contributed by atoms with Crippen molar-refractivity contribution in [2.75, 3.05) is 44.7 Å². The summed E-state index contributed by atoms with van der Waals surface area (Å²) in [7, 11) is 2.19. The average molecular weight is 346 g/mol. The summed E-state index contributed by atoms with van der Waals surface area (Å²) in [5, 5.41) is 0. The molecule has 134 valence electrons. The van der Waals surface area contributed by atoms with Crippen LogP contribution in [0, 0.1) is 0 Å². The van der Waals surface area contributed by atoms with Crippen LogP contribution in [0.2, 0.25) is 0 Å². The van der Waals surface area contributed by atoms with Crippen LogP contribution in [0.15, 0.2) is 59.4 Å². The van der Waals surface area contributed by atoms with E-state index in [0.29, 0.717) is 0 Å². The molecule has 0 unspecified atom stereocenters. The van der Waals surface area contributed by atoms with Crippen LogP contribution in [0.5, 0.6) is 0 Å². The number of nitrogens with zero attached hydrogens (tertiary/aromatic N) is 4. The van der Waals surface area contributed by atoms with Gasteiger partial charge in [-0.1, -0.05) is 12.1 Å². The van der Waals surface area contributed by atoms with Crippen LogP contribution >= 0.6 is 0 Å². The van der Waals surface area contributed by atoms with Gasteiger partial charge in [0.2, 0.25) is 0 Å². The molecule has 1 aromatic heterocycles. The second kappa shape index (κ2) is 7.83. The highest BCUT2D eigenvalue weighted by molar-refractivity contribution is 6.15. The zero-order valence-corrected chi connectivity index (χ0v) is 15.4. The standard InChI is InChI=1S/C22H26N4/c1-25-12-14-26(15-13-25)21-8-6-18(7-9-21)16-19-4-3-11-24-22(19)20-5-2-10-23-17-20/h2,5-10,16-17H,3-4,11-15H2,1H3. The molecule has 0 aliphatic carbocycles. The lowest BCUT2D eigenvalue weighted by molar-refractivity contribution is 0.313. The first-order valence-corrected chi connectivity index (χ1v) is 9.49. The van der Waals surface area contributed by atoms with Gasteiger partial charge < -0.3 is 9.80 Å². The number of hydrogen-bond donors (Lipinski definition) is 0. The van der Waals surface area contributed by atoms with Crippen molar-refractivity contribution in [1.29, 1.82) is 0 Å². The van der Waals surface area contributed by atoms with E-state index in [-0.39, 0.29) is 0 Å². The average Bonchev–Trinajstić information content (AvgIpc) is 2.70. The number of anilines is 1. The fourth-order valence-corrected chi connectivity index (χ4v) is 3.65. The Labute approximate surface area is 155 Å². The Kier molecular flexibility index (Phi) is 5.12. The van der Waals surface area contributed by atoms with Gasteiger partial charge in [-0.3, -0.25) is 9.98 Å². The lowest BCUT2D eigenvalue weighted by Gasteiger charge is -2.34. The molecular formula is C22H26N4. The third-order valence-electron chi connectivity index (χ3n) is 5.22. The van der Waals surface area contributed by atoms with Crippen LogP contribution in [0.3, 0.4) is 0 Å². The van der Waals surface area contributed by atoms with Gasteiger partial charge in [-0.15, -0.1) is 0 Å². The van der Waals surface area contributed by atoms with E-state index >= 15 is 0 Å². The van der Waals surface area contributed by atoms with Crippen LogP contribution in [-0.4, -0.2) is 55.4 Å². The second-order valence-electron chi connectivity index (χ2n) is 7.13. The van der Waals surface area contributed by atoms with Gasteiger partial charge in [0.05, 0.1) is 5.71 Å². The van der Waals surface area contributed by atoms with Crippen LogP contribution in [0.1, 0.15) is 24.0 Å². The van der Waals surface area contributed by atoms with E-state index in [9.17, 15) is 0 Å². The summed E-state index contributed by atoms with van der Waals surface area (Å²) in [5.41, 5.74) is 6.11. The van der Waals surface area contributed by atoms with Crippen molar-refractivity contribution < 1.29 is 0 Å². The maximum absolute atomic E-state index is 4.77. The third-order valence-corrected chi connectivity index (χ3v) is 5.22. The fourth-order valence-electron chi connectivity index (χ4n) is 3.65. The van der Waals surface area contributed by atoms with Crippen molar-refractivity contribution in [2.45, 2.75) is 12.8 Å². The van der Waals surface area contributed by atoms with Gasteiger partial charge in [0.15, 0.2) is 0 Å². The summed E-state index contributed by atoms with van der Waals surface area (Å²) in [5.74, 6) is 0. The van der Waals surface area contributed by atoms with E-state index in [1.807, 2.05) is 18.5 Å². The highest BCUT2D eigenvalue weighted by Gasteiger charge is 2.15. The molecule has 2 aliphatic rings. The molecule has 1 aromatic carbocycles. The molecule has 0 spiro atoms. The van der Waals surface area contributed by atoms with Gasteiger partial charge >= 0.3 is 0 Å². The number of aliphatic imine (C=N–C) groups is 1. The number of allylic oxidation sites excluding steroid dienone is 1. The summed E-state index contributed by atoms with van der Waals surface area (Å²) >= 11 is 0. The maximum atomic E-state index is 4.77. The minimum absolute atomic E-state index is 0.907. The Morgan fingerprint density at radius 3 is 2.54 bits per heavy atom. The summed E-state index contributed by atoms with van der Waals surface area (Å²) in [6, 6.07) is 13.0. The number of rotatable bonds is 3. The molecule has 0 saturated carbocycles. The molecule has 0 N–H and O–H groups in total. The lowest BCUT2D eigenvalue weighted by Crippen LogP contribution is -2.44. The Morgan fingerprint density at radius 1 is 1.00 bits per heavy atom. The zero-order valence-electron chi connectivity index (χ0n) is 15.4. The van der Waals surface area contributed by atoms with Gasteiger partial charge in [-0.2, -0.15) is 0 Å². The van der Waals surface area contributed by atoms with Crippen LogP contribution in [-0.2, 0) is 0 Å². The molecule has 4 rings (SSSR count). The highest BCUT2D eigenvalue weighted by atomic mass is 15.2. The van der Waals surface area contributed by atoms with Crippen LogP contribution < -0.4 is 4.90 Å². The molecule has 2 aliphatic heterocycles. The molecule has 4 heteroatoms. The Hall–Kier alpha value is -2.46. The van der Waals surface area contributed by atoms with Gasteiger partial charge in [0, 0.05) is 56.4 Å². The summed E-state index contributed by atoms with van der Waals surface area (Å²) in [4.78, 5) is 13.9. The first kappa shape index (κ1) is 17.0. The first-order valence-electron chi connectivity index (χ1n) is 9.49. The molecule has 0 radical (unpaired) electrons. The maximum Gasteiger partial charge on any atom is 0.0694 e. The zero-order chi connectivity index (χ0) is 17.8. The van der Waals surface area contributed by atoms with Crippen molar-refractivity contribution >= 4 is 17.5 Å². The number of benzene rings is 1. The Balaban J connectivity index is 1.53. The third kappa shape index (κ3) is 3.86. The van der Waals surface area contributed by atoms with Gasteiger partial charge in [0.1, 0.15) is 0 Å². The molecule has 4 nitrogen and oxygen atoms in total. The van der Waals surface area contributed by atoms with Crippen LogP contribution in [0.25, 0.3) is 6.08 Å². The molecule has 1 fully saturated rings. The van der Waals surface area contributed by atoms with E-state index < -0.39 is 0 Å². The predicted molar refractivity (Wildman–Crippen MR) is 109 cm³/mol. The number of aromatic nitrogens is 1. The monoisotopic (exact) mass is 346 g/mol. The van der Waals surface area contributed by atoms with E-state index in [2.05, 4.69) is 58.2 Å². The van der Waals surface area contributed by atoms with Gasteiger partial charge in [-0.25, -0.2) is 0 Å². The second-order valence-corrected chi connectivity index (χ2v) is 7.13. The van der Waals surface area contributed by atoms with Crippen molar-refractivity contribution in [3.05, 3.63) is 65.5 Å². The normalized spacial score (nSPS) is 20.3. The van der Waals surface area contributed by atoms with Crippen LogP contribution in [0.4, 0.5) is 5.69 Å². The molecule has 0 amide bonds. The lowest BCUT2D eigenvalue weighted by atomic mass is 9.95. The molecule has 26 heavy (non-hydrogen) atoms. The molecule has 2 aromatic rings. The number of piperazine rings is 1. The van der Waals surface area contributed by atoms with Crippen molar-refractivity contribution in [2.24, 2.45) is 4.99 Å². The van der Waals surface area contributed by atoms with E-state index in [1.54, 1.807) is 0 Å². The van der Waals surface area contributed by atoms with Crippen molar-refractivity contribution in [3.63, 3.8) is 0 Å². The highest BCUT2D eigenvalue weighted by Crippen LogP contribution is 2.23. The molecule has 0 bridgehead atoms. The molecule has 0 atom stereocenters. The van der Waals surface area contributed by atoms with Gasteiger partial charge in [0.25, 0.3) is 0 Å². The van der Waals surface area contributed by atoms with Crippen molar-refractivity contribution in [1.82, 2.24) is 9.88 Å². The SMILES string of the molecule is CN1CCN(c2ccc(C=C3CCCN=C3c3cccnc3)cc2)CC1. The number of hydrogen-bond acceptors (Lipinski definition) is 4. The van der Waals surface area contributed by atoms with E-state index in [0.717, 1.165) is 56.8 Å². The van der Waals surface area contributed by atoms with E-state index in [4.69, 9.17) is 4.99 Å². The minimum Gasteiger partial charge on any atom is -0.369 e. The Bertz CT molecular complexity index is 785. The Morgan fingerprint density at radius 2 is 1.81 bits per heavy atom. The molecule has 1 saturated heterocycles. The number of pyridine rings is 1. The minimum atomic E-state index is 0.907. The van der Waals surface area contributed by atoms with Gasteiger partial charge in [-0.05, 0) is 61.4 Å². The number of likely N-dealkylation sites (N-methyl/N-ethyl adjacent to an activating group) is 1. The smallest absolute Gasteiger partial charge is 0.0694 e. The van der Waals surface area contributed by atoms with E-state index in [1.165, 1.54) is 16.8 Å². The summed E-state index contributed by atoms with van der Waals surface area (Å²) in [6.45, 7) is 5.39. The molecule has 3 heterocycles. The summed E-state index contributed by atoms with van der Waals surface area (Å²) in [6.07, 6.45) is 8.21. The first-order chi connectivity index (χ1) is 12.8. The largest absolute Gasteiger partial charge is 0.369 e.